The molecule has 4 rings (SSSR count). The van der Waals surface area contributed by atoms with Gasteiger partial charge in [-0.2, -0.15) is 0 Å². The molecule has 0 spiro atoms. The minimum atomic E-state index is -0.407. The Morgan fingerprint density at radius 3 is 2.29 bits per heavy atom. The second-order valence-electron chi connectivity index (χ2n) is 9.15. The monoisotopic (exact) mass is 471 g/mol. The van der Waals surface area contributed by atoms with Crippen LogP contribution in [-0.2, 0) is 24.2 Å². The molecule has 0 saturated heterocycles. The van der Waals surface area contributed by atoms with Gasteiger partial charge in [0.2, 0.25) is 0 Å². The summed E-state index contributed by atoms with van der Waals surface area (Å²) in [5.74, 6) is 1.55. The van der Waals surface area contributed by atoms with E-state index in [1.165, 1.54) is 0 Å². The molecule has 0 unspecified atom stereocenters. The Labute approximate surface area is 207 Å². The second-order valence-corrected chi connectivity index (χ2v) is 9.15. The molecule has 1 amide bonds. The van der Waals surface area contributed by atoms with Gasteiger partial charge < -0.3 is 19.5 Å². The number of nitrogens with one attached hydrogen (secondary N) is 1. The first kappa shape index (κ1) is 24.4. The molecule has 1 heterocycles. The van der Waals surface area contributed by atoms with Crippen LogP contribution in [0, 0.1) is 0 Å². The van der Waals surface area contributed by atoms with Crippen molar-refractivity contribution < 1.29 is 19.0 Å². The van der Waals surface area contributed by atoms with Gasteiger partial charge in [0.1, 0.15) is 18.0 Å². The standard InChI is InChI=1S/C30H33NO4/c1-5-22-13-10-14-23(6-2)29(22)31-28(32)20-34-26-17-24-15-16-30(3,4)35-25(24)18-27(26)33-19-21-11-8-7-9-12-21/h7-18H,5-6,19-20H2,1-4H3,(H,31,32). The summed E-state index contributed by atoms with van der Waals surface area (Å²) in [5, 5.41) is 3.06. The van der Waals surface area contributed by atoms with Gasteiger partial charge in [-0.3, -0.25) is 4.79 Å². The zero-order valence-electron chi connectivity index (χ0n) is 20.9. The summed E-state index contributed by atoms with van der Waals surface area (Å²) in [6.45, 7) is 8.43. The van der Waals surface area contributed by atoms with Crippen LogP contribution in [0.3, 0.4) is 0 Å². The number of hydrogen-bond donors (Lipinski definition) is 1. The molecule has 0 saturated carbocycles. The Balaban J connectivity index is 1.53. The van der Waals surface area contributed by atoms with Gasteiger partial charge in [0, 0.05) is 17.3 Å². The summed E-state index contributed by atoms with van der Waals surface area (Å²) < 4.78 is 18.2. The highest BCUT2D eigenvalue weighted by Gasteiger charge is 2.24. The van der Waals surface area contributed by atoms with Crippen LogP contribution in [0.2, 0.25) is 0 Å². The maximum absolute atomic E-state index is 12.9. The van der Waals surface area contributed by atoms with Crippen LogP contribution in [-0.4, -0.2) is 18.1 Å². The first-order valence-corrected chi connectivity index (χ1v) is 12.1. The van der Waals surface area contributed by atoms with Crippen LogP contribution in [0.15, 0.2) is 66.7 Å². The first-order valence-electron chi connectivity index (χ1n) is 12.1. The third kappa shape index (κ3) is 6.04. The van der Waals surface area contributed by atoms with E-state index in [9.17, 15) is 4.79 Å². The largest absolute Gasteiger partial charge is 0.485 e. The number of anilines is 1. The zero-order chi connectivity index (χ0) is 24.8. The Morgan fingerprint density at radius 1 is 0.914 bits per heavy atom. The summed E-state index contributed by atoms with van der Waals surface area (Å²) in [5.41, 5.74) is 4.63. The number of benzene rings is 3. The first-order chi connectivity index (χ1) is 16.9. The minimum absolute atomic E-state index is 0.127. The van der Waals surface area contributed by atoms with Crippen molar-refractivity contribution in [2.75, 3.05) is 11.9 Å². The van der Waals surface area contributed by atoms with E-state index in [1.807, 2.05) is 86.7 Å². The van der Waals surface area contributed by atoms with Crippen LogP contribution < -0.4 is 19.5 Å². The SMILES string of the molecule is CCc1cccc(CC)c1NC(=O)COc1cc2c(cc1OCc1ccccc1)OC(C)(C)C=C2. The summed E-state index contributed by atoms with van der Waals surface area (Å²) in [6, 6.07) is 19.8. The molecule has 3 aromatic carbocycles. The van der Waals surface area contributed by atoms with E-state index in [0.717, 1.165) is 46.5 Å². The van der Waals surface area contributed by atoms with Gasteiger partial charge in [-0.1, -0.05) is 68.5 Å². The molecule has 35 heavy (non-hydrogen) atoms. The average molecular weight is 472 g/mol. The van der Waals surface area contributed by atoms with Gasteiger partial charge >= 0.3 is 0 Å². The minimum Gasteiger partial charge on any atom is -0.485 e. The zero-order valence-corrected chi connectivity index (χ0v) is 20.9. The van der Waals surface area contributed by atoms with Crippen molar-refractivity contribution in [3.8, 4) is 17.2 Å². The van der Waals surface area contributed by atoms with E-state index in [2.05, 4.69) is 19.2 Å². The Morgan fingerprint density at radius 2 is 1.60 bits per heavy atom. The van der Waals surface area contributed by atoms with Crippen LogP contribution in [0.5, 0.6) is 17.2 Å². The highest BCUT2D eigenvalue weighted by atomic mass is 16.5. The molecule has 5 nitrogen and oxygen atoms in total. The van der Waals surface area contributed by atoms with Crippen LogP contribution >= 0.6 is 0 Å². The summed E-state index contributed by atoms with van der Waals surface area (Å²) in [4.78, 5) is 12.9. The quantitative estimate of drug-likeness (QED) is 0.382. The van der Waals surface area contributed by atoms with Gasteiger partial charge in [0.15, 0.2) is 18.1 Å². The third-order valence-electron chi connectivity index (χ3n) is 5.97. The number of carbonyl (C=O) groups is 1. The lowest BCUT2D eigenvalue weighted by molar-refractivity contribution is -0.118. The van der Waals surface area contributed by atoms with E-state index in [0.29, 0.717) is 18.1 Å². The maximum atomic E-state index is 12.9. The van der Waals surface area contributed by atoms with Crippen LogP contribution in [0.4, 0.5) is 5.69 Å². The van der Waals surface area contributed by atoms with Crippen LogP contribution in [0.25, 0.3) is 6.08 Å². The molecule has 3 aromatic rings. The molecule has 0 bridgehead atoms. The summed E-state index contributed by atoms with van der Waals surface area (Å²) in [6.07, 6.45) is 5.70. The fraction of sp³-hybridized carbons (Fsp3) is 0.300. The summed E-state index contributed by atoms with van der Waals surface area (Å²) >= 11 is 0. The van der Waals surface area contributed by atoms with E-state index >= 15 is 0 Å². The number of rotatable bonds is 9. The number of carbonyl (C=O) groups excluding carboxylic acids is 1. The number of aryl methyl sites for hydroxylation is 2. The molecule has 1 N–H and O–H groups in total. The molecule has 0 aromatic heterocycles. The molecule has 1 aliphatic rings. The highest BCUT2D eigenvalue weighted by Crippen LogP contribution is 2.40. The van der Waals surface area contributed by atoms with Crippen molar-refractivity contribution in [2.24, 2.45) is 0 Å². The number of para-hydroxylation sites is 1. The molecule has 1 aliphatic heterocycles. The van der Waals surface area contributed by atoms with Gasteiger partial charge in [0.25, 0.3) is 5.91 Å². The fourth-order valence-corrected chi connectivity index (χ4v) is 4.07. The van der Waals surface area contributed by atoms with Crippen molar-refractivity contribution >= 4 is 17.7 Å². The van der Waals surface area contributed by atoms with Crippen molar-refractivity contribution in [3.05, 3.63) is 89.0 Å². The molecule has 0 radical (unpaired) electrons. The molecular formula is C30H33NO4. The van der Waals surface area contributed by atoms with E-state index < -0.39 is 5.60 Å². The number of ether oxygens (including phenoxy) is 3. The summed E-state index contributed by atoms with van der Waals surface area (Å²) in [7, 11) is 0. The predicted molar refractivity (Wildman–Crippen MR) is 140 cm³/mol. The maximum Gasteiger partial charge on any atom is 0.262 e. The Bertz CT molecular complexity index is 1190. The van der Waals surface area contributed by atoms with E-state index in [1.54, 1.807) is 0 Å². The van der Waals surface area contributed by atoms with E-state index in [4.69, 9.17) is 14.2 Å². The van der Waals surface area contributed by atoms with Gasteiger partial charge in [-0.15, -0.1) is 0 Å². The van der Waals surface area contributed by atoms with Gasteiger partial charge in [0.05, 0.1) is 0 Å². The smallest absolute Gasteiger partial charge is 0.262 e. The van der Waals surface area contributed by atoms with E-state index in [-0.39, 0.29) is 12.5 Å². The highest BCUT2D eigenvalue weighted by molar-refractivity contribution is 5.93. The molecule has 0 fully saturated rings. The Kier molecular flexibility index (Phi) is 7.45. The van der Waals surface area contributed by atoms with Gasteiger partial charge in [-0.25, -0.2) is 0 Å². The average Bonchev–Trinajstić information content (AvgIpc) is 2.86. The molecule has 182 valence electrons. The molecule has 0 atom stereocenters. The van der Waals surface area contributed by atoms with Crippen molar-refractivity contribution in [2.45, 2.75) is 52.7 Å². The van der Waals surface area contributed by atoms with Crippen molar-refractivity contribution in [1.29, 1.82) is 0 Å². The lowest BCUT2D eigenvalue weighted by Gasteiger charge is -2.28. The predicted octanol–water partition coefficient (Wildman–Crippen LogP) is 6.59. The van der Waals surface area contributed by atoms with Crippen molar-refractivity contribution in [1.82, 2.24) is 0 Å². The van der Waals surface area contributed by atoms with Gasteiger partial charge in [-0.05, 0) is 55.5 Å². The lowest BCUT2D eigenvalue weighted by atomic mass is 10.0. The molecule has 5 heteroatoms. The fourth-order valence-electron chi connectivity index (χ4n) is 4.07. The third-order valence-corrected chi connectivity index (χ3v) is 5.97. The van der Waals surface area contributed by atoms with Crippen LogP contribution in [0.1, 0.15) is 49.9 Å². The Hall–Kier alpha value is -3.73. The topological polar surface area (TPSA) is 56.8 Å². The number of hydrogen-bond acceptors (Lipinski definition) is 4. The molecule has 0 aliphatic carbocycles. The number of fused-ring (bicyclic) bond motifs is 1. The number of amides is 1. The molecular weight excluding hydrogens is 438 g/mol. The van der Waals surface area contributed by atoms with Crippen molar-refractivity contribution in [3.63, 3.8) is 0 Å². The lowest BCUT2D eigenvalue weighted by Crippen LogP contribution is -2.27. The normalized spacial score (nSPS) is 13.5. The second kappa shape index (κ2) is 10.7.